The molecule has 0 spiro atoms. The number of hydrogen-bond donors (Lipinski definition) is 1. The zero-order chi connectivity index (χ0) is 17.8. The van der Waals surface area contributed by atoms with E-state index in [1.807, 2.05) is 24.3 Å². The monoisotopic (exact) mass is 425 g/mol. The lowest BCUT2D eigenvalue weighted by Gasteiger charge is -2.34. The van der Waals surface area contributed by atoms with E-state index in [9.17, 15) is 0 Å². The normalized spacial score (nSPS) is 15.3. The Labute approximate surface area is 162 Å². The molecule has 2 aromatic carbocycles. The van der Waals surface area contributed by atoms with Crippen molar-refractivity contribution >= 4 is 33.2 Å². The second kappa shape index (κ2) is 8.30. The lowest BCUT2D eigenvalue weighted by Crippen LogP contribution is -3.13. The van der Waals surface area contributed by atoms with Crippen LogP contribution in [0.3, 0.4) is 0 Å². The first-order chi connectivity index (χ1) is 12.1. The van der Waals surface area contributed by atoms with Crippen molar-refractivity contribution in [1.29, 1.82) is 0 Å². The molecule has 0 saturated carbocycles. The number of nitrogens with one attached hydrogen (secondary N) is 1. The second-order valence-electron chi connectivity index (χ2n) is 6.16. The first-order valence-corrected chi connectivity index (χ1v) is 9.53. The van der Waals surface area contributed by atoms with Crippen LogP contribution >= 0.6 is 27.5 Å². The Bertz CT molecular complexity index is 733. The van der Waals surface area contributed by atoms with Crippen LogP contribution in [-0.4, -0.2) is 40.4 Å². The molecule has 25 heavy (non-hydrogen) atoms. The zero-order valence-corrected chi connectivity index (χ0v) is 16.9. The summed E-state index contributed by atoms with van der Waals surface area (Å²) in [5, 5.41) is 0.826. The van der Waals surface area contributed by atoms with Gasteiger partial charge in [0.25, 0.3) is 0 Å². The van der Waals surface area contributed by atoms with Crippen LogP contribution in [0.5, 0.6) is 11.5 Å². The number of anilines is 1. The van der Waals surface area contributed by atoms with E-state index in [0.717, 1.165) is 59.4 Å². The van der Waals surface area contributed by atoms with Crippen molar-refractivity contribution < 1.29 is 14.4 Å². The van der Waals surface area contributed by atoms with E-state index in [4.69, 9.17) is 21.1 Å². The summed E-state index contributed by atoms with van der Waals surface area (Å²) in [6.45, 7) is 5.07. The highest BCUT2D eigenvalue weighted by atomic mass is 79.9. The maximum atomic E-state index is 6.33. The number of halogens is 2. The minimum atomic E-state index is 0.791. The van der Waals surface area contributed by atoms with Gasteiger partial charge in [-0.1, -0.05) is 23.7 Å². The lowest BCUT2D eigenvalue weighted by atomic mass is 10.1. The zero-order valence-electron chi connectivity index (χ0n) is 14.5. The SMILES string of the molecule is COc1cc(OC)c(C[NH+]2CCN(c3ccccc3Cl)CC2)cc1Br. The van der Waals surface area contributed by atoms with Crippen LogP contribution in [0.1, 0.15) is 5.56 Å². The van der Waals surface area contributed by atoms with E-state index in [0.29, 0.717) is 0 Å². The molecule has 1 N–H and O–H groups in total. The molecule has 134 valence electrons. The third kappa shape index (κ3) is 4.22. The predicted octanol–water partition coefficient (Wildman–Crippen LogP) is 3.02. The number of rotatable bonds is 5. The number of nitrogens with zero attached hydrogens (tertiary/aromatic N) is 1. The third-order valence-electron chi connectivity index (χ3n) is 4.66. The number of para-hydroxylation sites is 1. The van der Waals surface area contributed by atoms with Gasteiger partial charge in [-0.15, -0.1) is 0 Å². The molecular weight excluding hydrogens is 404 g/mol. The van der Waals surface area contributed by atoms with E-state index >= 15 is 0 Å². The molecule has 0 amide bonds. The summed E-state index contributed by atoms with van der Waals surface area (Å²) in [7, 11) is 3.37. The number of quaternary nitrogens is 1. The maximum absolute atomic E-state index is 6.33. The van der Waals surface area contributed by atoms with Gasteiger partial charge in [0.05, 0.1) is 55.6 Å². The molecule has 3 rings (SSSR count). The average molecular weight is 427 g/mol. The fraction of sp³-hybridized carbons (Fsp3) is 0.368. The molecule has 6 heteroatoms. The minimum absolute atomic E-state index is 0.791. The van der Waals surface area contributed by atoms with Crippen LogP contribution < -0.4 is 19.3 Å². The van der Waals surface area contributed by atoms with Crippen molar-refractivity contribution in [3.05, 3.63) is 51.5 Å². The van der Waals surface area contributed by atoms with Gasteiger partial charge in [-0.25, -0.2) is 0 Å². The standard InChI is InChI=1S/C19H22BrClN2O2/c1-24-18-12-19(25-2)15(20)11-14(18)13-22-7-9-23(10-8-22)17-6-4-3-5-16(17)21/h3-6,11-12H,7-10,13H2,1-2H3/p+1. The fourth-order valence-corrected chi connectivity index (χ4v) is 4.09. The van der Waals surface area contributed by atoms with Crippen molar-refractivity contribution in [3.63, 3.8) is 0 Å². The van der Waals surface area contributed by atoms with E-state index in [1.165, 1.54) is 5.56 Å². The molecule has 0 unspecified atom stereocenters. The van der Waals surface area contributed by atoms with E-state index in [-0.39, 0.29) is 0 Å². The molecule has 4 nitrogen and oxygen atoms in total. The van der Waals surface area contributed by atoms with Crippen LogP contribution in [-0.2, 0) is 6.54 Å². The van der Waals surface area contributed by atoms with Crippen molar-refractivity contribution in [3.8, 4) is 11.5 Å². The Morgan fingerprint density at radius 1 is 1.08 bits per heavy atom. The van der Waals surface area contributed by atoms with Crippen molar-refractivity contribution in [2.45, 2.75) is 6.54 Å². The molecule has 0 atom stereocenters. The van der Waals surface area contributed by atoms with Crippen LogP contribution in [0.25, 0.3) is 0 Å². The molecule has 1 fully saturated rings. The first-order valence-electron chi connectivity index (χ1n) is 8.36. The number of benzene rings is 2. The fourth-order valence-electron chi connectivity index (χ4n) is 3.28. The molecule has 0 bridgehead atoms. The Morgan fingerprint density at radius 2 is 1.76 bits per heavy atom. The predicted molar refractivity (Wildman–Crippen MR) is 105 cm³/mol. The summed E-state index contributed by atoms with van der Waals surface area (Å²) < 4.78 is 11.9. The van der Waals surface area contributed by atoms with E-state index in [1.54, 1.807) is 19.1 Å². The maximum Gasteiger partial charge on any atom is 0.136 e. The van der Waals surface area contributed by atoms with Gasteiger partial charge in [0.15, 0.2) is 0 Å². The molecule has 1 heterocycles. The van der Waals surface area contributed by atoms with Crippen LogP contribution in [0.4, 0.5) is 5.69 Å². The molecule has 1 saturated heterocycles. The molecule has 0 aromatic heterocycles. The Kier molecular flexibility index (Phi) is 6.10. The topological polar surface area (TPSA) is 26.1 Å². The molecule has 0 aliphatic carbocycles. The second-order valence-corrected chi connectivity index (χ2v) is 7.43. The van der Waals surface area contributed by atoms with Crippen LogP contribution in [0.15, 0.2) is 40.9 Å². The largest absolute Gasteiger partial charge is 0.496 e. The van der Waals surface area contributed by atoms with Crippen molar-refractivity contribution in [2.75, 3.05) is 45.3 Å². The Morgan fingerprint density at radius 3 is 2.40 bits per heavy atom. The van der Waals surface area contributed by atoms with E-state index in [2.05, 4.69) is 33.0 Å². The van der Waals surface area contributed by atoms with Gasteiger partial charge in [0.2, 0.25) is 0 Å². The summed E-state index contributed by atoms with van der Waals surface area (Å²) in [6.07, 6.45) is 0. The van der Waals surface area contributed by atoms with Crippen molar-refractivity contribution in [1.82, 2.24) is 0 Å². The average Bonchev–Trinajstić information content (AvgIpc) is 2.63. The molecular formula is C19H23BrClN2O2+. The quantitative estimate of drug-likeness (QED) is 0.796. The smallest absolute Gasteiger partial charge is 0.136 e. The Hall–Kier alpha value is -1.43. The summed E-state index contributed by atoms with van der Waals surface area (Å²) >= 11 is 9.90. The summed E-state index contributed by atoms with van der Waals surface area (Å²) in [5.41, 5.74) is 2.32. The highest BCUT2D eigenvalue weighted by Crippen LogP contribution is 2.32. The highest BCUT2D eigenvalue weighted by molar-refractivity contribution is 9.10. The number of ether oxygens (including phenoxy) is 2. The third-order valence-corrected chi connectivity index (χ3v) is 5.60. The van der Waals surface area contributed by atoms with Gasteiger partial charge in [-0.2, -0.15) is 0 Å². The number of piperazine rings is 1. The highest BCUT2D eigenvalue weighted by Gasteiger charge is 2.23. The first kappa shape index (κ1) is 18.4. The molecule has 1 aliphatic heterocycles. The minimum Gasteiger partial charge on any atom is -0.496 e. The molecule has 0 radical (unpaired) electrons. The molecule has 2 aromatic rings. The van der Waals surface area contributed by atoms with Gasteiger partial charge < -0.3 is 19.3 Å². The van der Waals surface area contributed by atoms with Crippen molar-refractivity contribution in [2.24, 2.45) is 0 Å². The van der Waals surface area contributed by atoms with Crippen LogP contribution in [0.2, 0.25) is 5.02 Å². The Balaban J connectivity index is 1.66. The van der Waals surface area contributed by atoms with Gasteiger partial charge in [0, 0.05) is 11.6 Å². The van der Waals surface area contributed by atoms with Crippen LogP contribution in [0, 0.1) is 0 Å². The number of hydrogen-bond acceptors (Lipinski definition) is 3. The molecule has 1 aliphatic rings. The summed E-state index contributed by atoms with van der Waals surface area (Å²) in [5.74, 6) is 1.67. The van der Waals surface area contributed by atoms with Gasteiger partial charge in [-0.05, 0) is 34.1 Å². The summed E-state index contributed by atoms with van der Waals surface area (Å²) in [4.78, 5) is 3.91. The van der Waals surface area contributed by atoms with Gasteiger partial charge in [-0.3, -0.25) is 0 Å². The number of methoxy groups -OCH3 is 2. The van der Waals surface area contributed by atoms with Gasteiger partial charge in [0.1, 0.15) is 18.0 Å². The van der Waals surface area contributed by atoms with E-state index < -0.39 is 0 Å². The lowest BCUT2D eigenvalue weighted by molar-refractivity contribution is -0.914. The van der Waals surface area contributed by atoms with Gasteiger partial charge >= 0.3 is 0 Å². The summed E-state index contributed by atoms with van der Waals surface area (Å²) in [6, 6.07) is 12.1.